The second-order valence-corrected chi connectivity index (χ2v) is 8.01. The molecule has 1 atom stereocenters. The van der Waals surface area contributed by atoms with Crippen LogP contribution in [0.25, 0.3) is 21.7 Å². The summed E-state index contributed by atoms with van der Waals surface area (Å²) >= 11 is 1.41. The minimum absolute atomic E-state index is 0.156. The van der Waals surface area contributed by atoms with E-state index in [1.807, 2.05) is 61.5 Å². The molecule has 0 unspecified atom stereocenters. The topological polar surface area (TPSA) is 59.2 Å². The largest absolute Gasteiger partial charge is 0.454 e. The number of para-hydroxylation sites is 1. The molecule has 0 saturated heterocycles. The number of esters is 1. The van der Waals surface area contributed by atoms with E-state index in [-0.39, 0.29) is 11.5 Å². The van der Waals surface area contributed by atoms with E-state index in [1.54, 1.807) is 6.92 Å². The molecule has 0 fully saturated rings. The molecule has 146 valence electrons. The second kappa shape index (κ2) is 8.13. The maximum Gasteiger partial charge on any atom is 0.316 e. The highest BCUT2D eigenvalue weighted by molar-refractivity contribution is 8.00. The molecule has 0 radical (unpaired) electrons. The molecular formula is C24H21NO3S. The minimum Gasteiger partial charge on any atom is -0.454 e. The van der Waals surface area contributed by atoms with E-state index in [1.165, 1.54) is 11.8 Å². The van der Waals surface area contributed by atoms with E-state index >= 15 is 0 Å². The van der Waals surface area contributed by atoms with Crippen molar-refractivity contribution < 1.29 is 14.3 Å². The summed E-state index contributed by atoms with van der Waals surface area (Å²) in [5, 5.41) is 3.14. The summed E-state index contributed by atoms with van der Waals surface area (Å²) in [4.78, 5) is 29.4. The number of Topliss-reactive ketones (excluding diaryl/α,β-unsaturated/α-hetero) is 1. The summed E-state index contributed by atoms with van der Waals surface area (Å²) in [6.07, 6.45) is -0.836. The third-order valence-electron chi connectivity index (χ3n) is 4.90. The van der Waals surface area contributed by atoms with Crippen LogP contribution in [0, 0.1) is 6.92 Å². The molecule has 4 aromatic rings. The SMILES string of the molecule is Cc1[nH]c2ccccc2c1C(=O)[C@@H](C)OC(=O)CSc1ccc2ccccc2c1. The fourth-order valence-electron chi connectivity index (χ4n) is 3.48. The molecule has 1 heterocycles. The molecule has 0 amide bonds. The quantitative estimate of drug-likeness (QED) is 0.261. The third-order valence-corrected chi connectivity index (χ3v) is 5.86. The first-order valence-electron chi connectivity index (χ1n) is 9.45. The van der Waals surface area contributed by atoms with Gasteiger partial charge in [-0.15, -0.1) is 11.8 Å². The summed E-state index contributed by atoms with van der Waals surface area (Å²) in [6, 6.07) is 21.8. The highest BCUT2D eigenvalue weighted by Gasteiger charge is 2.24. The molecule has 5 heteroatoms. The van der Waals surface area contributed by atoms with Crippen molar-refractivity contribution in [3.63, 3.8) is 0 Å². The summed E-state index contributed by atoms with van der Waals surface area (Å²) in [5.74, 6) is -0.437. The normalized spacial score (nSPS) is 12.2. The van der Waals surface area contributed by atoms with E-state index in [0.717, 1.165) is 32.3 Å². The summed E-state index contributed by atoms with van der Waals surface area (Å²) in [5.41, 5.74) is 2.27. The molecule has 4 rings (SSSR count). The first-order chi connectivity index (χ1) is 14.0. The van der Waals surface area contributed by atoms with Crippen LogP contribution >= 0.6 is 11.8 Å². The van der Waals surface area contributed by atoms with Crippen LogP contribution < -0.4 is 0 Å². The Balaban J connectivity index is 1.40. The molecule has 29 heavy (non-hydrogen) atoms. The number of ether oxygens (including phenoxy) is 1. The van der Waals surface area contributed by atoms with Crippen LogP contribution in [0.3, 0.4) is 0 Å². The van der Waals surface area contributed by atoms with Gasteiger partial charge in [-0.3, -0.25) is 9.59 Å². The third kappa shape index (κ3) is 4.05. The van der Waals surface area contributed by atoms with E-state index in [4.69, 9.17) is 4.74 Å². The summed E-state index contributed by atoms with van der Waals surface area (Å²) in [7, 11) is 0. The number of fused-ring (bicyclic) bond motifs is 2. The Morgan fingerprint density at radius 3 is 2.55 bits per heavy atom. The van der Waals surface area contributed by atoms with Crippen molar-refractivity contribution in [2.75, 3.05) is 5.75 Å². The molecule has 3 aromatic carbocycles. The molecule has 4 nitrogen and oxygen atoms in total. The molecule has 0 spiro atoms. The zero-order valence-corrected chi connectivity index (χ0v) is 17.1. The maximum atomic E-state index is 12.9. The van der Waals surface area contributed by atoms with Crippen molar-refractivity contribution in [3.8, 4) is 0 Å². The van der Waals surface area contributed by atoms with Gasteiger partial charge >= 0.3 is 5.97 Å². The fraction of sp³-hybridized carbons (Fsp3) is 0.167. The van der Waals surface area contributed by atoms with Crippen LogP contribution in [0.2, 0.25) is 0 Å². The number of thioether (sulfide) groups is 1. The predicted molar refractivity (Wildman–Crippen MR) is 118 cm³/mol. The number of aryl methyl sites for hydroxylation is 1. The Kier molecular flexibility index (Phi) is 5.41. The molecule has 1 N–H and O–H groups in total. The van der Waals surface area contributed by atoms with Gasteiger partial charge in [-0.25, -0.2) is 0 Å². The highest BCUT2D eigenvalue weighted by atomic mass is 32.2. The Labute approximate surface area is 173 Å². The number of H-pyrrole nitrogens is 1. The number of carbonyl (C=O) groups excluding carboxylic acids is 2. The number of aromatic amines is 1. The van der Waals surface area contributed by atoms with Gasteiger partial charge in [-0.1, -0.05) is 48.5 Å². The highest BCUT2D eigenvalue weighted by Crippen LogP contribution is 2.25. The van der Waals surface area contributed by atoms with Gasteiger partial charge < -0.3 is 9.72 Å². The lowest BCUT2D eigenvalue weighted by Gasteiger charge is -2.12. The van der Waals surface area contributed by atoms with E-state index in [0.29, 0.717) is 5.56 Å². The van der Waals surface area contributed by atoms with Crippen molar-refractivity contribution in [2.24, 2.45) is 0 Å². The number of nitrogens with one attached hydrogen (secondary N) is 1. The van der Waals surface area contributed by atoms with Gasteiger partial charge in [0.15, 0.2) is 6.10 Å². The van der Waals surface area contributed by atoms with Gasteiger partial charge in [-0.2, -0.15) is 0 Å². The zero-order chi connectivity index (χ0) is 20.4. The first-order valence-corrected chi connectivity index (χ1v) is 10.4. The van der Waals surface area contributed by atoms with Crippen molar-refractivity contribution in [1.82, 2.24) is 4.98 Å². The lowest BCUT2D eigenvalue weighted by Crippen LogP contribution is -2.25. The lowest BCUT2D eigenvalue weighted by molar-refractivity contribution is -0.143. The lowest BCUT2D eigenvalue weighted by atomic mass is 10.0. The molecule has 0 aliphatic rings. The van der Waals surface area contributed by atoms with Gasteiger partial charge in [-0.05, 0) is 42.8 Å². The Morgan fingerprint density at radius 2 is 1.72 bits per heavy atom. The van der Waals surface area contributed by atoms with E-state index in [2.05, 4.69) is 17.1 Å². The molecule has 0 bridgehead atoms. The minimum atomic E-state index is -0.836. The van der Waals surface area contributed by atoms with Gasteiger partial charge in [0.2, 0.25) is 5.78 Å². The van der Waals surface area contributed by atoms with Gasteiger partial charge in [0.25, 0.3) is 0 Å². The van der Waals surface area contributed by atoms with Crippen LogP contribution in [-0.2, 0) is 9.53 Å². The number of hydrogen-bond acceptors (Lipinski definition) is 4. The second-order valence-electron chi connectivity index (χ2n) is 6.96. The van der Waals surface area contributed by atoms with Crippen LogP contribution in [0.1, 0.15) is 23.0 Å². The van der Waals surface area contributed by atoms with Crippen LogP contribution in [0.4, 0.5) is 0 Å². The van der Waals surface area contributed by atoms with Crippen LogP contribution in [0.5, 0.6) is 0 Å². The molecule has 0 saturated carbocycles. The van der Waals surface area contributed by atoms with Crippen molar-refractivity contribution >= 4 is 45.2 Å². The number of rotatable bonds is 6. The number of carbonyl (C=O) groups is 2. The van der Waals surface area contributed by atoms with Gasteiger partial charge in [0, 0.05) is 27.1 Å². The zero-order valence-electron chi connectivity index (χ0n) is 16.3. The number of hydrogen-bond donors (Lipinski definition) is 1. The van der Waals surface area contributed by atoms with Gasteiger partial charge in [0.1, 0.15) is 0 Å². The Bertz CT molecular complexity index is 1210. The number of aromatic nitrogens is 1. The predicted octanol–water partition coefficient (Wildman–Crippen LogP) is 5.54. The summed E-state index contributed by atoms with van der Waals surface area (Å²) < 4.78 is 5.43. The van der Waals surface area contributed by atoms with Crippen molar-refractivity contribution in [3.05, 3.63) is 78.0 Å². The smallest absolute Gasteiger partial charge is 0.316 e. The Morgan fingerprint density at radius 1 is 1.00 bits per heavy atom. The molecule has 0 aliphatic carbocycles. The van der Waals surface area contributed by atoms with Crippen molar-refractivity contribution in [2.45, 2.75) is 24.8 Å². The average molecular weight is 404 g/mol. The Hall–Kier alpha value is -3.05. The molecule has 1 aromatic heterocycles. The van der Waals surface area contributed by atoms with E-state index in [9.17, 15) is 9.59 Å². The number of ketones is 1. The summed E-state index contributed by atoms with van der Waals surface area (Å²) in [6.45, 7) is 3.49. The first kappa shape index (κ1) is 19.3. The maximum absolute atomic E-state index is 12.9. The van der Waals surface area contributed by atoms with Crippen LogP contribution in [-0.4, -0.2) is 28.6 Å². The van der Waals surface area contributed by atoms with Crippen LogP contribution in [0.15, 0.2) is 71.6 Å². The standard InChI is InChI=1S/C24H21NO3S/c1-15-23(20-9-5-6-10-21(20)25-15)24(27)16(2)28-22(26)14-29-19-12-11-17-7-3-4-8-18(17)13-19/h3-13,16,25H,14H2,1-2H3/t16-/m1/s1. The number of benzene rings is 3. The molecular weight excluding hydrogens is 382 g/mol. The van der Waals surface area contributed by atoms with Crippen molar-refractivity contribution in [1.29, 1.82) is 0 Å². The molecule has 0 aliphatic heterocycles. The van der Waals surface area contributed by atoms with Gasteiger partial charge in [0.05, 0.1) is 5.75 Å². The average Bonchev–Trinajstić information content (AvgIpc) is 3.07. The monoisotopic (exact) mass is 403 g/mol. The fourth-order valence-corrected chi connectivity index (χ4v) is 4.21. The van der Waals surface area contributed by atoms with E-state index < -0.39 is 12.1 Å².